The summed E-state index contributed by atoms with van der Waals surface area (Å²) in [7, 11) is 3.43. The number of aromatic nitrogens is 2. The standard InChI is InChI=1S/C22H30N4O3/c1-4-29-20-8-6-5-7-18(20)22-19(16-25(11-13-27-2)12-14-28-3)26-15-17(23)9-10-21(26)24-22/h5-10,15H,4,11-14,16,23H2,1-3H3. The molecule has 7 heteroatoms. The van der Waals surface area contributed by atoms with E-state index in [2.05, 4.69) is 9.30 Å². The minimum Gasteiger partial charge on any atom is -0.493 e. The molecule has 2 N–H and O–H groups in total. The van der Waals surface area contributed by atoms with E-state index in [1.807, 2.05) is 49.5 Å². The number of fused-ring (bicyclic) bond motifs is 1. The fourth-order valence-electron chi connectivity index (χ4n) is 3.34. The van der Waals surface area contributed by atoms with Gasteiger partial charge in [0.1, 0.15) is 11.4 Å². The summed E-state index contributed by atoms with van der Waals surface area (Å²) in [5.74, 6) is 0.827. The third kappa shape index (κ3) is 5.06. The van der Waals surface area contributed by atoms with E-state index in [1.54, 1.807) is 14.2 Å². The molecule has 29 heavy (non-hydrogen) atoms. The van der Waals surface area contributed by atoms with Gasteiger partial charge in [-0.2, -0.15) is 0 Å². The maximum absolute atomic E-state index is 6.08. The van der Waals surface area contributed by atoms with Crippen molar-refractivity contribution in [2.45, 2.75) is 13.5 Å². The molecule has 0 aliphatic carbocycles. The normalized spacial score (nSPS) is 11.4. The average Bonchev–Trinajstić information content (AvgIpc) is 3.08. The smallest absolute Gasteiger partial charge is 0.137 e. The first-order valence-corrected chi connectivity index (χ1v) is 9.86. The predicted octanol–water partition coefficient (Wildman–Crippen LogP) is 3.08. The zero-order chi connectivity index (χ0) is 20.6. The van der Waals surface area contributed by atoms with E-state index in [9.17, 15) is 0 Å². The van der Waals surface area contributed by atoms with Crippen molar-refractivity contribution in [1.29, 1.82) is 0 Å². The van der Waals surface area contributed by atoms with E-state index in [-0.39, 0.29) is 0 Å². The third-order valence-electron chi connectivity index (χ3n) is 4.78. The van der Waals surface area contributed by atoms with Crippen molar-refractivity contribution in [3.63, 3.8) is 0 Å². The monoisotopic (exact) mass is 398 g/mol. The number of benzene rings is 1. The number of pyridine rings is 1. The molecule has 2 heterocycles. The zero-order valence-corrected chi connectivity index (χ0v) is 17.4. The Balaban J connectivity index is 2.08. The summed E-state index contributed by atoms with van der Waals surface area (Å²) < 4.78 is 18.5. The number of imidazole rings is 1. The largest absolute Gasteiger partial charge is 0.493 e. The van der Waals surface area contributed by atoms with Crippen molar-refractivity contribution in [3.05, 3.63) is 48.3 Å². The van der Waals surface area contributed by atoms with Gasteiger partial charge in [0, 0.05) is 51.3 Å². The van der Waals surface area contributed by atoms with Crippen LogP contribution in [0.25, 0.3) is 16.9 Å². The number of hydrogen-bond acceptors (Lipinski definition) is 6. The number of anilines is 1. The summed E-state index contributed by atoms with van der Waals surface area (Å²) in [4.78, 5) is 7.22. The van der Waals surface area contributed by atoms with Gasteiger partial charge in [-0.05, 0) is 31.2 Å². The Labute approximate surface area is 172 Å². The lowest BCUT2D eigenvalue weighted by atomic mass is 10.1. The first-order chi connectivity index (χ1) is 14.2. The maximum Gasteiger partial charge on any atom is 0.137 e. The van der Waals surface area contributed by atoms with Gasteiger partial charge in [-0.15, -0.1) is 0 Å². The number of nitrogen functional groups attached to an aromatic ring is 1. The zero-order valence-electron chi connectivity index (χ0n) is 17.4. The molecule has 0 saturated carbocycles. The lowest BCUT2D eigenvalue weighted by Crippen LogP contribution is -2.31. The van der Waals surface area contributed by atoms with Crippen LogP contribution in [-0.4, -0.2) is 61.4 Å². The van der Waals surface area contributed by atoms with E-state index in [4.69, 9.17) is 24.9 Å². The Bertz CT molecular complexity index is 918. The second kappa shape index (κ2) is 10.2. The van der Waals surface area contributed by atoms with Gasteiger partial charge in [0.05, 0.1) is 31.2 Å². The summed E-state index contributed by atoms with van der Waals surface area (Å²) in [5, 5.41) is 0. The van der Waals surface area contributed by atoms with Gasteiger partial charge in [0.2, 0.25) is 0 Å². The molecule has 1 aromatic carbocycles. The average molecular weight is 399 g/mol. The van der Waals surface area contributed by atoms with Crippen molar-refractivity contribution < 1.29 is 14.2 Å². The SMILES string of the molecule is CCOc1ccccc1-c1nc2ccc(N)cn2c1CN(CCOC)CCOC. The second-order valence-corrected chi connectivity index (χ2v) is 6.79. The Kier molecular flexibility index (Phi) is 7.46. The molecule has 3 aromatic rings. The first kappa shape index (κ1) is 21.1. The molecule has 0 atom stereocenters. The van der Waals surface area contributed by atoms with Gasteiger partial charge in [-0.1, -0.05) is 12.1 Å². The molecule has 0 radical (unpaired) electrons. The number of para-hydroxylation sites is 1. The van der Waals surface area contributed by atoms with Crippen LogP contribution in [0.1, 0.15) is 12.6 Å². The van der Waals surface area contributed by atoms with Crippen LogP contribution in [0.5, 0.6) is 5.75 Å². The molecule has 0 fully saturated rings. The maximum atomic E-state index is 6.08. The first-order valence-electron chi connectivity index (χ1n) is 9.86. The van der Waals surface area contributed by atoms with Crippen LogP contribution in [-0.2, 0) is 16.0 Å². The minimum atomic E-state index is 0.598. The van der Waals surface area contributed by atoms with E-state index in [0.29, 0.717) is 32.1 Å². The number of hydrogen-bond donors (Lipinski definition) is 1. The highest BCUT2D eigenvalue weighted by Gasteiger charge is 2.20. The van der Waals surface area contributed by atoms with E-state index >= 15 is 0 Å². The third-order valence-corrected chi connectivity index (χ3v) is 4.78. The second-order valence-electron chi connectivity index (χ2n) is 6.79. The summed E-state index contributed by atoms with van der Waals surface area (Å²) >= 11 is 0. The molecule has 0 aliphatic rings. The van der Waals surface area contributed by atoms with Crippen LogP contribution >= 0.6 is 0 Å². The van der Waals surface area contributed by atoms with Gasteiger partial charge in [0.25, 0.3) is 0 Å². The van der Waals surface area contributed by atoms with Crippen LogP contribution in [0.2, 0.25) is 0 Å². The van der Waals surface area contributed by atoms with Gasteiger partial charge in [0.15, 0.2) is 0 Å². The molecule has 3 rings (SSSR count). The lowest BCUT2D eigenvalue weighted by Gasteiger charge is -2.22. The molecule has 156 valence electrons. The molecule has 0 saturated heterocycles. The molecular formula is C22H30N4O3. The Hall–Kier alpha value is -2.61. The Morgan fingerprint density at radius 2 is 1.76 bits per heavy atom. The van der Waals surface area contributed by atoms with Gasteiger partial charge >= 0.3 is 0 Å². The summed E-state index contributed by atoms with van der Waals surface area (Å²) in [6.45, 7) is 6.15. The van der Waals surface area contributed by atoms with Crippen LogP contribution in [0.15, 0.2) is 42.6 Å². The summed E-state index contributed by atoms with van der Waals surface area (Å²) in [6, 6.07) is 11.8. The van der Waals surface area contributed by atoms with Crippen LogP contribution in [0, 0.1) is 0 Å². The van der Waals surface area contributed by atoms with E-state index in [1.165, 1.54) is 0 Å². The number of methoxy groups -OCH3 is 2. The molecule has 7 nitrogen and oxygen atoms in total. The Morgan fingerprint density at radius 3 is 2.45 bits per heavy atom. The van der Waals surface area contributed by atoms with Crippen molar-refractivity contribution in [2.24, 2.45) is 0 Å². The molecular weight excluding hydrogens is 368 g/mol. The van der Waals surface area contributed by atoms with Crippen LogP contribution in [0.4, 0.5) is 5.69 Å². The van der Waals surface area contributed by atoms with Crippen molar-refractivity contribution in [3.8, 4) is 17.0 Å². The summed E-state index contributed by atoms with van der Waals surface area (Å²) in [6.07, 6.45) is 1.93. The van der Waals surface area contributed by atoms with Crippen molar-refractivity contribution in [2.75, 3.05) is 52.9 Å². The fourth-order valence-corrected chi connectivity index (χ4v) is 3.34. The fraction of sp³-hybridized carbons (Fsp3) is 0.409. The van der Waals surface area contributed by atoms with Gasteiger partial charge in [-0.3, -0.25) is 4.90 Å². The highest BCUT2D eigenvalue weighted by atomic mass is 16.5. The summed E-state index contributed by atoms with van der Waals surface area (Å²) in [5.41, 5.74) is 10.6. The van der Waals surface area contributed by atoms with Crippen molar-refractivity contribution >= 4 is 11.3 Å². The number of ether oxygens (including phenoxy) is 3. The number of nitrogens with zero attached hydrogens (tertiary/aromatic N) is 3. The molecule has 0 unspecified atom stereocenters. The highest BCUT2D eigenvalue weighted by molar-refractivity contribution is 5.72. The highest BCUT2D eigenvalue weighted by Crippen LogP contribution is 2.33. The quantitative estimate of drug-likeness (QED) is 0.535. The van der Waals surface area contributed by atoms with E-state index < -0.39 is 0 Å². The molecule has 2 aromatic heterocycles. The van der Waals surface area contributed by atoms with Gasteiger partial charge < -0.3 is 24.3 Å². The minimum absolute atomic E-state index is 0.598. The van der Waals surface area contributed by atoms with E-state index in [0.717, 1.165) is 41.4 Å². The van der Waals surface area contributed by atoms with Gasteiger partial charge in [-0.25, -0.2) is 4.98 Å². The lowest BCUT2D eigenvalue weighted by molar-refractivity contribution is 0.109. The van der Waals surface area contributed by atoms with Crippen LogP contribution in [0.3, 0.4) is 0 Å². The topological polar surface area (TPSA) is 74.2 Å². The molecule has 0 bridgehead atoms. The Morgan fingerprint density at radius 1 is 1.03 bits per heavy atom. The van der Waals surface area contributed by atoms with Crippen molar-refractivity contribution in [1.82, 2.24) is 14.3 Å². The molecule has 0 amide bonds. The molecule has 0 aliphatic heterocycles. The number of nitrogens with two attached hydrogens (primary N) is 1. The number of rotatable bonds is 11. The predicted molar refractivity (Wildman–Crippen MR) is 115 cm³/mol. The molecule has 0 spiro atoms. The van der Waals surface area contributed by atoms with Crippen LogP contribution < -0.4 is 10.5 Å².